The van der Waals surface area contributed by atoms with Gasteiger partial charge in [-0.15, -0.1) is 35.9 Å². The van der Waals surface area contributed by atoms with Crippen LogP contribution in [0.1, 0.15) is 45.7 Å². The Labute approximate surface area is 335 Å². The van der Waals surface area contributed by atoms with Crippen LogP contribution in [0.4, 0.5) is 0 Å². The molecule has 54 heavy (non-hydrogen) atoms. The molecule has 0 bridgehead atoms. The van der Waals surface area contributed by atoms with Crippen LogP contribution in [-0.2, 0) is 32.9 Å². The summed E-state index contributed by atoms with van der Waals surface area (Å²) in [7, 11) is -1.34. The molecule has 1 radical (unpaired) electrons. The van der Waals surface area contributed by atoms with Crippen molar-refractivity contribution in [3.05, 3.63) is 145 Å². The van der Waals surface area contributed by atoms with Crippen LogP contribution in [-0.4, -0.2) is 22.6 Å². The second-order valence-electron chi connectivity index (χ2n) is 16.8. The van der Waals surface area contributed by atoms with Gasteiger partial charge in [-0.25, -0.2) is 0 Å². The van der Waals surface area contributed by atoms with E-state index in [4.69, 9.17) is 9.40 Å². The number of rotatable bonds is 7. The van der Waals surface area contributed by atoms with Crippen LogP contribution in [0.3, 0.4) is 0 Å². The molecular formula is C48H49IrN3OSi-2. The zero-order valence-corrected chi connectivity index (χ0v) is 36.0. The monoisotopic (exact) mass is 904 g/mol. The maximum Gasteiger partial charge on any atom is 0.0798 e. The number of hydrogen-bond acceptors (Lipinski definition) is 3. The molecule has 4 nitrogen and oxygen atoms in total. The molecule has 0 aliphatic rings. The van der Waals surface area contributed by atoms with Gasteiger partial charge in [-0.3, -0.25) is 4.98 Å². The summed E-state index contributed by atoms with van der Waals surface area (Å²) in [4.78, 5) is 9.72. The van der Waals surface area contributed by atoms with Crippen molar-refractivity contribution in [1.82, 2.24) is 14.5 Å². The topological polar surface area (TPSA) is 43.9 Å². The van der Waals surface area contributed by atoms with Crippen molar-refractivity contribution >= 4 is 46.0 Å². The fourth-order valence-corrected chi connectivity index (χ4v) is 8.75. The molecule has 0 saturated heterocycles. The number of imidazole rings is 1. The third kappa shape index (κ3) is 8.68. The van der Waals surface area contributed by atoms with E-state index in [2.05, 4.69) is 173 Å². The molecule has 0 spiro atoms. The molecule has 8 aromatic rings. The molecule has 5 aromatic carbocycles. The average Bonchev–Trinajstić information content (AvgIpc) is 3.72. The van der Waals surface area contributed by atoms with Crippen LogP contribution >= 0.6 is 0 Å². The SMILES string of the molecule is CC(C)(C)Cc1ccc2o[c-]c(-c3nc4ccccc4n3-c3ccc4ccccc4c3)c2c1.CC(C)Cc1cc(-c2[c-]cccc2)ncc1[Si](C)(C)C.[Ir]. The molecule has 0 aliphatic carbocycles. The zero-order chi connectivity index (χ0) is 37.3. The quantitative estimate of drug-likeness (QED) is 0.118. The van der Waals surface area contributed by atoms with E-state index in [0.717, 1.165) is 63.2 Å². The van der Waals surface area contributed by atoms with Crippen molar-refractivity contribution in [2.45, 2.75) is 67.1 Å². The Morgan fingerprint density at radius 3 is 2.28 bits per heavy atom. The molecule has 0 saturated carbocycles. The number of aromatic nitrogens is 3. The molecule has 6 heteroatoms. The summed E-state index contributed by atoms with van der Waals surface area (Å²) in [5, 5.41) is 4.96. The third-order valence-electron chi connectivity index (χ3n) is 9.50. The molecule has 3 aromatic heterocycles. The van der Waals surface area contributed by atoms with Crippen LogP contribution in [0.2, 0.25) is 19.6 Å². The first-order valence-corrected chi connectivity index (χ1v) is 22.2. The van der Waals surface area contributed by atoms with Gasteiger partial charge in [0.05, 0.1) is 24.9 Å². The fraction of sp³-hybridized carbons (Fsp3) is 0.250. The fourth-order valence-electron chi connectivity index (χ4n) is 7.16. The first-order chi connectivity index (χ1) is 25.3. The summed E-state index contributed by atoms with van der Waals surface area (Å²) in [6, 6.07) is 43.3. The number of fused-ring (bicyclic) bond motifs is 3. The van der Waals surface area contributed by atoms with Gasteiger partial charge in [0.15, 0.2) is 0 Å². The second-order valence-corrected chi connectivity index (χ2v) is 21.8. The van der Waals surface area contributed by atoms with Gasteiger partial charge in [0.2, 0.25) is 0 Å². The van der Waals surface area contributed by atoms with Gasteiger partial charge < -0.3 is 14.0 Å². The Morgan fingerprint density at radius 1 is 0.815 bits per heavy atom. The smallest absolute Gasteiger partial charge is 0.0798 e. The first-order valence-electron chi connectivity index (χ1n) is 18.7. The molecule has 0 unspecified atom stereocenters. The molecule has 0 atom stereocenters. The number of para-hydroxylation sites is 2. The largest absolute Gasteiger partial charge is 0.557 e. The van der Waals surface area contributed by atoms with Crippen LogP contribution in [0.5, 0.6) is 0 Å². The van der Waals surface area contributed by atoms with Crippen LogP contribution in [0.25, 0.3) is 61.1 Å². The van der Waals surface area contributed by atoms with Crippen LogP contribution < -0.4 is 5.19 Å². The van der Waals surface area contributed by atoms with E-state index in [0.29, 0.717) is 5.92 Å². The second kappa shape index (κ2) is 16.0. The van der Waals surface area contributed by atoms with Crippen molar-refractivity contribution < 1.29 is 24.5 Å². The Bertz CT molecular complexity index is 2520. The Hall–Kier alpha value is -4.61. The minimum Gasteiger partial charge on any atom is -0.557 e. The minimum atomic E-state index is -1.34. The van der Waals surface area contributed by atoms with E-state index < -0.39 is 8.07 Å². The standard InChI is InChI=1S/C30H25N2O.C18H24NSi.Ir/c1-30(2,3)18-20-12-15-28-24(16-20)25(19-33-28)29-31-26-10-6-7-11-27(26)32(29)23-14-13-21-8-4-5-9-22(21)17-23;1-14(2)11-16-12-17(15-9-7-6-8-10-15)19-13-18(16)20(3,4)5;/h4-17H,18H2,1-3H3;6-9,12-14H,11H2,1-5H3;/q2*-1;. The summed E-state index contributed by atoms with van der Waals surface area (Å²) in [5.74, 6) is 1.51. The Kier molecular flexibility index (Phi) is 11.6. The van der Waals surface area contributed by atoms with Gasteiger partial charge in [-0.1, -0.05) is 143 Å². The molecular weight excluding hydrogens is 855 g/mol. The predicted molar refractivity (Wildman–Crippen MR) is 226 cm³/mol. The predicted octanol–water partition coefficient (Wildman–Crippen LogP) is 12.3. The van der Waals surface area contributed by atoms with E-state index in [1.165, 1.54) is 27.1 Å². The number of hydrogen-bond donors (Lipinski definition) is 0. The summed E-state index contributed by atoms with van der Waals surface area (Å²) < 4.78 is 8.09. The molecule has 0 N–H and O–H groups in total. The Morgan fingerprint density at radius 2 is 1.56 bits per heavy atom. The molecule has 0 amide bonds. The van der Waals surface area contributed by atoms with Gasteiger partial charge in [0.25, 0.3) is 0 Å². The normalized spacial score (nSPS) is 11.9. The van der Waals surface area contributed by atoms with E-state index >= 15 is 0 Å². The number of benzene rings is 5. The maximum atomic E-state index is 5.87. The van der Waals surface area contributed by atoms with Crippen LogP contribution in [0.15, 0.2) is 126 Å². The molecule has 0 fully saturated rings. The summed E-state index contributed by atoms with van der Waals surface area (Å²) in [6.45, 7) is 18.5. The molecule has 277 valence electrons. The average molecular weight is 904 g/mol. The van der Waals surface area contributed by atoms with Crippen molar-refractivity contribution in [1.29, 1.82) is 0 Å². The van der Waals surface area contributed by atoms with Crippen molar-refractivity contribution in [2.75, 3.05) is 0 Å². The summed E-state index contributed by atoms with van der Waals surface area (Å²) in [5.41, 5.74) is 9.92. The van der Waals surface area contributed by atoms with E-state index in [1.807, 2.05) is 24.3 Å². The first kappa shape index (κ1) is 39.1. The molecule has 8 rings (SSSR count). The maximum absolute atomic E-state index is 5.87. The van der Waals surface area contributed by atoms with Gasteiger partial charge in [0.1, 0.15) is 0 Å². The minimum absolute atomic E-state index is 0. The van der Waals surface area contributed by atoms with E-state index in [9.17, 15) is 0 Å². The van der Waals surface area contributed by atoms with E-state index in [-0.39, 0.29) is 25.5 Å². The number of furan rings is 1. The van der Waals surface area contributed by atoms with Gasteiger partial charge in [-0.2, -0.15) is 0 Å². The van der Waals surface area contributed by atoms with Crippen molar-refractivity contribution in [2.24, 2.45) is 11.3 Å². The van der Waals surface area contributed by atoms with Gasteiger partial charge in [0, 0.05) is 43.8 Å². The van der Waals surface area contributed by atoms with Gasteiger partial charge >= 0.3 is 0 Å². The number of pyridine rings is 1. The molecule has 3 heterocycles. The summed E-state index contributed by atoms with van der Waals surface area (Å²) in [6.07, 6.45) is 7.40. The third-order valence-corrected chi connectivity index (χ3v) is 11.6. The van der Waals surface area contributed by atoms with Gasteiger partial charge in [-0.05, 0) is 70.1 Å². The van der Waals surface area contributed by atoms with Crippen LogP contribution in [0, 0.1) is 23.7 Å². The van der Waals surface area contributed by atoms with Crippen molar-refractivity contribution in [3.8, 4) is 28.3 Å². The zero-order valence-electron chi connectivity index (χ0n) is 32.6. The number of nitrogens with zero attached hydrogens (tertiary/aromatic N) is 3. The van der Waals surface area contributed by atoms with Crippen molar-refractivity contribution in [3.63, 3.8) is 0 Å². The summed E-state index contributed by atoms with van der Waals surface area (Å²) >= 11 is 0. The Balaban J connectivity index is 0.000000205. The van der Waals surface area contributed by atoms with E-state index in [1.54, 1.807) is 0 Å². The molecule has 0 aliphatic heterocycles.